The van der Waals surface area contributed by atoms with Crippen LogP contribution in [-0.2, 0) is 24.2 Å². The fourth-order valence-corrected chi connectivity index (χ4v) is 5.37. The van der Waals surface area contributed by atoms with Gasteiger partial charge in [-0.2, -0.15) is 0 Å². The van der Waals surface area contributed by atoms with Gasteiger partial charge in [-0.1, -0.05) is 11.8 Å². The molecule has 0 bridgehead atoms. The zero-order chi connectivity index (χ0) is 23.9. The molecule has 10 nitrogen and oxygen atoms in total. The van der Waals surface area contributed by atoms with Gasteiger partial charge < -0.3 is 15.0 Å². The largest absolute Gasteiger partial charge is 0.373 e. The molecule has 1 atom stereocenters. The Hall–Kier alpha value is -3.20. The van der Waals surface area contributed by atoms with E-state index in [1.165, 1.54) is 24.7 Å². The summed E-state index contributed by atoms with van der Waals surface area (Å²) in [5.74, 6) is 3.63. The summed E-state index contributed by atoms with van der Waals surface area (Å²) in [5.41, 5.74) is 0.889. The number of amides is 3. The summed E-state index contributed by atoms with van der Waals surface area (Å²) in [6.45, 7) is 7.20. The van der Waals surface area contributed by atoms with Crippen LogP contribution in [0.5, 0.6) is 0 Å². The highest BCUT2D eigenvalue weighted by Gasteiger charge is 2.57. The quantitative estimate of drug-likeness (QED) is 0.167. The number of methoxy groups -OCH3 is 1. The Labute approximate surface area is 186 Å². The number of nitrogens with zero attached hydrogens (tertiary/aromatic N) is 1. The second-order valence-electron chi connectivity index (χ2n) is 7.29. The predicted octanol–water partition coefficient (Wildman–Crippen LogP) is -0.654. The third-order valence-corrected chi connectivity index (χ3v) is 6.99. The number of likely N-dealkylation sites (tertiary alicyclic amines) is 1. The van der Waals surface area contributed by atoms with Crippen LogP contribution in [0.4, 0.5) is 0 Å². The molecule has 11 heteroatoms. The van der Waals surface area contributed by atoms with E-state index in [-0.39, 0.29) is 11.5 Å². The van der Waals surface area contributed by atoms with E-state index in [0.717, 1.165) is 6.41 Å². The second kappa shape index (κ2) is 10.4. The first-order valence-corrected chi connectivity index (χ1v) is 11.4. The van der Waals surface area contributed by atoms with Crippen LogP contribution in [0.15, 0.2) is 37.4 Å². The van der Waals surface area contributed by atoms with E-state index in [1.54, 1.807) is 17.0 Å². The maximum Gasteiger partial charge on any atom is 0.268 e. The fourth-order valence-electron chi connectivity index (χ4n) is 3.40. The minimum Gasteiger partial charge on any atom is -0.373 e. The lowest BCUT2D eigenvalue weighted by atomic mass is 9.95. The Kier molecular flexibility index (Phi) is 8.15. The number of carbonyl (C=O) groups is 3. The van der Waals surface area contributed by atoms with Crippen molar-refractivity contribution >= 4 is 28.1 Å². The average Bonchev–Trinajstić information content (AvgIpc) is 2.75. The minimum absolute atomic E-state index is 0.125. The van der Waals surface area contributed by atoms with E-state index in [9.17, 15) is 22.8 Å². The summed E-state index contributed by atoms with van der Waals surface area (Å²) in [6, 6.07) is 4.91. The number of carbonyl (C=O) groups excluding carboxylic acids is 3. The number of benzene rings is 1. The zero-order valence-corrected chi connectivity index (χ0v) is 18.4. The van der Waals surface area contributed by atoms with E-state index in [4.69, 9.17) is 9.94 Å². The summed E-state index contributed by atoms with van der Waals surface area (Å²) < 4.78 is 28.5. The van der Waals surface area contributed by atoms with Crippen LogP contribution in [0.3, 0.4) is 0 Å². The highest BCUT2D eigenvalue weighted by Crippen LogP contribution is 2.31. The smallest absolute Gasteiger partial charge is 0.268 e. The maximum atomic E-state index is 12.6. The molecule has 0 aliphatic carbocycles. The number of hydrogen-bond acceptors (Lipinski definition) is 7. The highest BCUT2D eigenvalue weighted by molar-refractivity contribution is 7.93. The Balaban J connectivity index is 0.00000176. The van der Waals surface area contributed by atoms with Crippen molar-refractivity contribution < 1.29 is 32.7 Å². The number of hydrogen-bond donors (Lipinski definition) is 3. The average molecular weight is 464 g/mol. The van der Waals surface area contributed by atoms with E-state index in [0.29, 0.717) is 18.7 Å². The molecule has 2 heterocycles. The van der Waals surface area contributed by atoms with Crippen LogP contribution in [0.1, 0.15) is 15.9 Å². The SMILES string of the molecule is C=C.COC1(C(NC(=O)c2ccc(C#CC3CN(C=O)C3)cc2)C(=O)NO)CS(=O)(=O)C1. The molecule has 0 aromatic heterocycles. The zero-order valence-electron chi connectivity index (χ0n) is 17.5. The van der Waals surface area contributed by atoms with Crippen molar-refractivity contribution in [2.75, 3.05) is 31.7 Å². The van der Waals surface area contributed by atoms with Gasteiger partial charge >= 0.3 is 0 Å². The topological polar surface area (TPSA) is 142 Å². The van der Waals surface area contributed by atoms with Crippen LogP contribution in [0.2, 0.25) is 0 Å². The Morgan fingerprint density at radius 1 is 1.28 bits per heavy atom. The number of ether oxygens (including phenoxy) is 1. The van der Waals surface area contributed by atoms with E-state index in [2.05, 4.69) is 30.3 Å². The molecular formula is C21H25N3O7S. The van der Waals surface area contributed by atoms with Crippen LogP contribution >= 0.6 is 0 Å². The van der Waals surface area contributed by atoms with Crippen molar-refractivity contribution in [1.82, 2.24) is 15.7 Å². The summed E-state index contributed by atoms with van der Waals surface area (Å²) in [7, 11) is -2.15. The molecule has 0 radical (unpaired) electrons. The highest BCUT2D eigenvalue weighted by atomic mass is 32.2. The molecule has 3 rings (SSSR count). The van der Waals surface area contributed by atoms with Crippen molar-refractivity contribution in [3.63, 3.8) is 0 Å². The molecule has 3 N–H and O–H groups in total. The van der Waals surface area contributed by atoms with Gasteiger partial charge in [0.05, 0.1) is 17.4 Å². The molecule has 0 saturated carbocycles. The molecule has 2 saturated heterocycles. The van der Waals surface area contributed by atoms with E-state index >= 15 is 0 Å². The first kappa shape index (κ1) is 25.1. The molecule has 0 spiro atoms. The normalized spacial score (nSPS) is 18.8. The summed E-state index contributed by atoms with van der Waals surface area (Å²) in [6.07, 6.45) is 0.780. The molecule has 1 aromatic rings. The Morgan fingerprint density at radius 2 is 1.88 bits per heavy atom. The number of nitrogens with one attached hydrogen (secondary N) is 2. The molecule has 32 heavy (non-hydrogen) atoms. The summed E-state index contributed by atoms with van der Waals surface area (Å²) in [5, 5.41) is 11.4. The van der Waals surface area contributed by atoms with Gasteiger partial charge in [0.1, 0.15) is 11.6 Å². The Bertz CT molecular complexity index is 1010. The first-order valence-electron chi connectivity index (χ1n) is 9.53. The van der Waals surface area contributed by atoms with Crippen LogP contribution < -0.4 is 10.8 Å². The predicted molar refractivity (Wildman–Crippen MR) is 115 cm³/mol. The van der Waals surface area contributed by atoms with Gasteiger partial charge in [-0.3, -0.25) is 19.6 Å². The van der Waals surface area contributed by atoms with Gasteiger partial charge in [0.25, 0.3) is 11.8 Å². The maximum absolute atomic E-state index is 12.6. The van der Waals surface area contributed by atoms with Crippen molar-refractivity contribution in [1.29, 1.82) is 0 Å². The standard InChI is InChI=1S/C19H21N3O7S.C2H4/c1-29-19(10-30(27,28)11-19)16(18(25)21-26)20-17(24)15-6-4-13(5-7-15)2-3-14-8-22(9-14)12-23;1-2/h4-7,12,14,16,26H,8-11H2,1H3,(H,20,24)(H,21,25);1-2H2. The van der Waals surface area contributed by atoms with Crippen LogP contribution in [-0.4, -0.2) is 80.1 Å². The van der Waals surface area contributed by atoms with E-state index < -0.39 is 44.8 Å². The minimum atomic E-state index is -3.39. The first-order chi connectivity index (χ1) is 15.2. The van der Waals surface area contributed by atoms with Gasteiger partial charge in [-0.25, -0.2) is 13.9 Å². The van der Waals surface area contributed by atoms with Gasteiger partial charge in [0.15, 0.2) is 9.84 Å². The number of hydroxylamine groups is 1. The Morgan fingerprint density at radius 3 is 2.34 bits per heavy atom. The second-order valence-corrected chi connectivity index (χ2v) is 9.35. The van der Waals surface area contributed by atoms with Crippen molar-refractivity contribution in [2.45, 2.75) is 11.6 Å². The van der Waals surface area contributed by atoms with E-state index in [1.807, 2.05) is 0 Å². The number of sulfone groups is 1. The van der Waals surface area contributed by atoms with Crippen LogP contribution in [0.25, 0.3) is 0 Å². The lowest BCUT2D eigenvalue weighted by Gasteiger charge is -2.44. The van der Waals surface area contributed by atoms with Crippen molar-refractivity contribution in [3.05, 3.63) is 48.6 Å². The molecule has 172 valence electrons. The van der Waals surface area contributed by atoms with Gasteiger partial charge in [0.2, 0.25) is 6.41 Å². The number of rotatable bonds is 6. The van der Waals surface area contributed by atoms with Crippen molar-refractivity contribution in [2.24, 2.45) is 5.92 Å². The molecule has 2 fully saturated rings. The van der Waals surface area contributed by atoms with Crippen LogP contribution in [0, 0.1) is 17.8 Å². The lowest BCUT2D eigenvalue weighted by molar-refractivity contribution is -0.138. The fraction of sp³-hybridized carbons (Fsp3) is 0.381. The van der Waals surface area contributed by atoms with Gasteiger partial charge in [-0.05, 0) is 24.3 Å². The molecule has 1 aromatic carbocycles. The lowest BCUT2D eigenvalue weighted by Crippen LogP contribution is -2.71. The third-order valence-electron chi connectivity index (χ3n) is 5.14. The summed E-state index contributed by atoms with van der Waals surface area (Å²) >= 11 is 0. The molecule has 1 unspecified atom stereocenters. The van der Waals surface area contributed by atoms with Crippen molar-refractivity contribution in [3.8, 4) is 11.8 Å². The molecule has 3 amide bonds. The van der Waals surface area contributed by atoms with Gasteiger partial charge in [-0.15, -0.1) is 13.2 Å². The molecule has 2 aliphatic rings. The summed E-state index contributed by atoms with van der Waals surface area (Å²) in [4.78, 5) is 36.8. The third kappa shape index (κ3) is 5.53. The van der Waals surface area contributed by atoms with Gasteiger partial charge in [0, 0.05) is 31.3 Å². The molecule has 2 aliphatic heterocycles. The molecular weight excluding hydrogens is 438 g/mol. The monoisotopic (exact) mass is 463 g/mol.